The molecule has 1 aromatic carbocycles. The summed E-state index contributed by atoms with van der Waals surface area (Å²) in [6, 6.07) is 5.77. The van der Waals surface area contributed by atoms with E-state index in [1.54, 1.807) is 18.2 Å². The van der Waals surface area contributed by atoms with Crippen LogP contribution in [0.2, 0.25) is 5.02 Å². The predicted molar refractivity (Wildman–Crippen MR) is 88.9 cm³/mol. The Morgan fingerprint density at radius 1 is 1.18 bits per heavy atom. The fourth-order valence-electron chi connectivity index (χ4n) is 3.81. The van der Waals surface area contributed by atoms with Gasteiger partial charge in [-0.3, -0.25) is 4.90 Å². The van der Waals surface area contributed by atoms with Crippen LogP contribution in [0.15, 0.2) is 18.2 Å². The average Bonchev–Trinajstić information content (AvgIpc) is 3.01. The molecule has 2 aliphatic rings. The van der Waals surface area contributed by atoms with Crippen LogP contribution in [-0.4, -0.2) is 41.1 Å². The number of anilines is 1. The lowest BCUT2D eigenvalue weighted by atomic mass is 9.89. The molecule has 5 heteroatoms. The van der Waals surface area contributed by atoms with Crippen molar-refractivity contribution in [3.63, 3.8) is 0 Å². The van der Waals surface area contributed by atoms with Gasteiger partial charge in [0.15, 0.2) is 0 Å². The number of nitrogens with one attached hydrogen (secondary N) is 1. The molecule has 1 heterocycles. The summed E-state index contributed by atoms with van der Waals surface area (Å²) >= 11 is 6.06. The third-order valence-corrected chi connectivity index (χ3v) is 5.13. The number of carboxylic acid groups (broad SMARTS) is 1. The van der Waals surface area contributed by atoms with E-state index in [0.717, 1.165) is 6.42 Å². The lowest BCUT2D eigenvalue weighted by molar-refractivity contribution is 0.0697. The quantitative estimate of drug-likeness (QED) is 0.884. The first-order valence-electron chi connectivity index (χ1n) is 8.18. The molecule has 0 radical (unpaired) electrons. The van der Waals surface area contributed by atoms with E-state index in [1.165, 1.54) is 45.2 Å². The zero-order valence-corrected chi connectivity index (χ0v) is 13.5. The van der Waals surface area contributed by atoms with E-state index in [2.05, 4.69) is 10.2 Å². The van der Waals surface area contributed by atoms with Crippen LogP contribution in [0.5, 0.6) is 0 Å². The van der Waals surface area contributed by atoms with Crippen molar-refractivity contribution in [1.82, 2.24) is 4.90 Å². The molecule has 2 fully saturated rings. The minimum Gasteiger partial charge on any atom is -0.478 e. The van der Waals surface area contributed by atoms with Gasteiger partial charge in [0.2, 0.25) is 0 Å². The van der Waals surface area contributed by atoms with Gasteiger partial charge >= 0.3 is 5.97 Å². The molecule has 1 saturated heterocycles. The Balaban J connectivity index is 1.80. The normalized spacial score (nSPS) is 26.0. The van der Waals surface area contributed by atoms with Gasteiger partial charge in [0, 0.05) is 17.1 Å². The molecular weight excluding hydrogens is 300 g/mol. The molecule has 2 N–H and O–H groups in total. The van der Waals surface area contributed by atoms with Gasteiger partial charge in [-0.1, -0.05) is 24.4 Å². The fourth-order valence-corrected chi connectivity index (χ4v) is 3.98. The Morgan fingerprint density at radius 3 is 2.64 bits per heavy atom. The van der Waals surface area contributed by atoms with Gasteiger partial charge in [0.25, 0.3) is 0 Å². The molecule has 0 aromatic heterocycles. The van der Waals surface area contributed by atoms with Crippen molar-refractivity contribution in [3.05, 3.63) is 28.8 Å². The van der Waals surface area contributed by atoms with Crippen LogP contribution in [0, 0.1) is 0 Å². The third-order valence-electron chi connectivity index (χ3n) is 4.89. The predicted octanol–water partition coefficient (Wildman–Crippen LogP) is 3.86. The summed E-state index contributed by atoms with van der Waals surface area (Å²) in [5.41, 5.74) is 0.950. The van der Waals surface area contributed by atoms with Crippen LogP contribution in [0.25, 0.3) is 0 Å². The van der Waals surface area contributed by atoms with Crippen LogP contribution in [0.4, 0.5) is 5.69 Å². The van der Waals surface area contributed by atoms with Crippen molar-refractivity contribution in [2.75, 3.05) is 18.4 Å². The van der Waals surface area contributed by atoms with Crippen molar-refractivity contribution in [2.24, 2.45) is 0 Å². The molecule has 0 amide bonds. The number of halogens is 1. The zero-order valence-electron chi connectivity index (χ0n) is 12.7. The number of rotatable bonds is 4. The molecule has 4 nitrogen and oxygen atoms in total. The largest absolute Gasteiger partial charge is 0.478 e. The highest BCUT2D eigenvalue weighted by molar-refractivity contribution is 6.31. The van der Waals surface area contributed by atoms with Gasteiger partial charge in [0.1, 0.15) is 0 Å². The topological polar surface area (TPSA) is 52.6 Å². The van der Waals surface area contributed by atoms with Crippen LogP contribution >= 0.6 is 11.6 Å². The Morgan fingerprint density at radius 2 is 1.91 bits per heavy atom. The maximum atomic E-state index is 11.4. The van der Waals surface area contributed by atoms with E-state index in [4.69, 9.17) is 11.6 Å². The van der Waals surface area contributed by atoms with Gasteiger partial charge in [-0.2, -0.15) is 0 Å². The molecule has 3 rings (SSSR count). The first-order chi connectivity index (χ1) is 10.6. The maximum absolute atomic E-state index is 11.4. The monoisotopic (exact) mass is 322 g/mol. The fraction of sp³-hybridized carbons (Fsp3) is 0.588. The molecule has 0 spiro atoms. The molecule has 1 aromatic rings. The zero-order chi connectivity index (χ0) is 15.5. The van der Waals surface area contributed by atoms with Crippen LogP contribution in [0.3, 0.4) is 0 Å². The second-order valence-corrected chi connectivity index (χ2v) is 6.78. The van der Waals surface area contributed by atoms with Gasteiger partial charge < -0.3 is 10.4 Å². The van der Waals surface area contributed by atoms with Crippen molar-refractivity contribution < 1.29 is 9.90 Å². The number of carbonyl (C=O) groups is 1. The first-order valence-corrected chi connectivity index (χ1v) is 8.56. The molecule has 0 unspecified atom stereocenters. The lowest BCUT2D eigenvalue weighted by Crippen LogP contribution is -2.47. The highest BCUT2D eigenvalue weighted by Gasteiger charge is 2.32. The first kappa shape index (κ1) is 15.6. The molecule has 22 heavy (non-hydrogen) atoms. The maximum Gasteiger partial charge on any atom is 0.337 e. The molecule has 120 valence electrons. The van der Waals surface area contributed by atoms with E-state index >= 15 is 0 Å². The van der Waals surface area contributed by atoms with E-state index in [1.807, 2.05) is 0 Å². The number of hydrogen-bond donors (Lipinski definition) is 2. The second-order valence-electron chi connectivity index (χ2n) is 6.34. The summed E-state index contributed by atoms with van der Waals surface area (Å²) < 4.78 is 0. The summed E-state index contributed by atoms with van der Waals surface area (Å²) in [6.45, 7) is 2.34. The van der Waals surface area contributed by atoms with E-state index in [9.17, 15) is 9.90 Å². The Labute approximate surface area is 136 Å². The van der Waals surface area contributed by atoms with Crippen molar-refractivity contribution in [1.29, 1.82) is 0 Å². The Hall–Kier alpha value is -1.26. The summed E-state index contributed by atoms with van der Waals surface area (Å²) in [4.78, 5) is 14.0. The van der Waals surface area contributed by atoms with Crippen molar-refractivity contribution in [3.8, 4) is 0 Å². The van der Waals surface area contributed by atoms with Crippen LogP contribution in [-0.2, 0) is 0 Å². The van der Waals surface area contributed by atoms with Crippen molar-refractivity contribution in [2.45, 2.75) is 50.6 Å². The molecule has 2 atom stereocenters. The standard InChI is InChI=1S/C17H23ClN2O2/c18-12-7-8-13(17(21)22)15(11-12)19-14-5-1-2-6-16(14)20-9-3-4-10-20/h7-8,11,14,16,19H,1-6,9-10H2,(H,21,22)/t14-,16-/m0/s1. The number of nitrogens with zero attached hydrogens (tertiary/aromatic N) is 1. The number of aromatic carboxylic acids is 1. The number of carboxylic acids is 1. The molecule has 1 aliphatic carbocycles. The summed E-state index contributed by atoms with van der Waals surface area (Å²) in [5.74, 6) is -0.910. The van der Waals surface area contributed by atoms with E-state index < -0.39 is 5.97 Å². The molecular formula is C17H23ClN2O2. The lowest BCUT2D eigenvalue weighted by Gasteiger charge is -2.39. The van der Waals surface area contributed by atoms with Gasteiger partial charge in [0.05, 0.1) is 11.3 Å². The average molecular weight is 323 g/mol. The van der Waals surface area contributed by atoms with Crippen LogP contribution < -0.4 is 5.32 Å². The highest BCUT2D eigenvalue weighted by Crippen LogP contribution is 2.30. The number of likely N-dealkylation sites (tertiary alicyclic amines) is 1. The van der Waals surface area contributed by atoms with Crippen LogP contribution in [0.1, 0.15) is 48.9 Å². The summed E-state index contributed by atoms with van der Waals surface area (Å²) in [5, 5.41) is 13.4. The van der Waals surface area contributed by atoms with E-state index in [-0.39, 0.29) is 0 Å². The SMILES string of the molecule is O=C(O)c1ccc(Cl)cc1N[C@H]1CCCC[C@@H]1N1CCCC1. The Kier molecular flexibility index (Phi) is 4.89. The Bertz CT molecular complexity index is 543. The van der Waals surface area contributed by atoms with E-state index in [0.29, 0.717) is 28.4 Å². The number of benzene rings is 1. The summed E-state index contributed by atoms with van der Waals surface area (Å²) in [7, 11) is 0. The smallest absolute Gasteiger partial charge is 0.337 e. The van der Waals surface area contributed by atoms with Gasteiger partial charge in [-0.05, 0) is 57.0 Å². The molecule has 1 saturated carbocycles. The molecule has 1 aliphatic heterocycles. The highest BCUT2D eigenvalue weighted by atomic mass is 35.5. The summed E-state index contributed by atoms with van der Waals surface area (Å²) in [6.07, 6.45) is 7.31. The van der Waals surface area contributed by atoms with Gasteiger partial charge in [-0.25, -0.2) is 4.79 Å². The third kappa shape index (κ3) is 3.39. The van der Waals surface area contributed by atoms with Crippen molar-refractivity contribution >= 4 is 23.3 Å². The minimum absolute atomic E-state index is 0.301. The number of hydrogen-bond acceptors (Lipinski definition) is 3. The second kappa shape index (κ2) is 6.88. The minimum atomic E-state index is -0.910. The van der Waals surface area contributed by atoms with Gasteiger partial charge in [-0.15, -0.1) is 0 Å². The molecule has 0 bridgehead atoms.